The maximum absolute atomic E-state index is 5.66. The first-order valence-electron chi connectivity index (χ1n) is 5.87. The highest BCUT2D eigenvalue weighted by Gasteiger charge is 2.12. The van der Waals surface area contributed by atoms with Crippen LogP contribution in [-0.4, -0.2) is 11.8 Å². The van der Waals surface area contributed by atoms with E-state index < -0.39 is 0 Å². The fourth-order valence-corrected chi connectivity index (χ4v) is 2.26. The molecule has 1 aromatic heterocycles. The summed E-state index contributed by atoms with van der Waals surface area (Å²) in [5, 5.41) is 0. The molecule has 1 aliphatic rings. The summed E-state index contributed by atoms with van der Waals surface area (Å²) in [5.41, 5.74) is 2.10. The van der Waals surface area contributed by atoms with Crippen LogP contribution in [0.5, 0.6) is 11.5 Å². The molecule has 1 aliphatic heterocycles. The molecule has 0 radical (unpaired) electrons. The maximum atomic E-state index is 5.66. The molecule has 0 N–H and O–H groups in total. The quantitative estimate of drug-likeness (QED) is 0.866. The van der Waals surface area contributed by atoms with E-state index in [0.29, 0.717) is 20.0 Å². The molecule has 3 rings (SSSR count). The average molecular weight is 322 g/mol. The Morgan fingerprint density at radius 1 is 1.05 bits per heavy atom. The lowest BCUT2D eigenvalue weighted by Gasteiger charge is -2.05. The van der Waals surface area contributed by atoms with Crippen molar-refractivity contribution in [1.29, 1.82) is 0 Å². The number of ether oxygens (including phenoxy) is 3. The fourth-order valence-electron chi connectivity index (χ4n) is 1.85. The van der Waals surface area contributed by atoms with Crippen LogP contribution in [0.2, 0.25) is 0 Å². The van der Waals surface area contributed by atoms with Gasteiger partial charge in [-0.15, -0.1) is 0 Å². The predicted octanol–water partition coefficient (Wildman–Crippen LogP) is 3.29. The summed E-state index contributed by atoms with van der Waals surface area (Å²) in [7, 11) is 0. The Balaban J connectivity index is 1.58. The first-order valence-corrected chi connectivity index (χ1v) is 6.66. The van der Waals surface area contributed by atoms with Crippen molar-refractivity contribution in [2.75, 3.05) is 6.79 Å². The number of fused-ring (bicyclic) bond motifs is 1. The molecule has 2 aromatic rings. The minimum absolute atomic E-state index is 0.295. The normalized spacial score (nSPS) is 12.7. The molecule has 0 saturated carbocycles. The lowest BCUT2D eigenvalue weighted by molar-refractivity contribution is 0.107. The van der Waals surface area contributed by atoms with Crippen molar-refractivity contribution in [1.82, 2.24) is 4.98 Å². The summed E-state index contributed by atoms with van der Waals surface area (Å²) in [4.78, 5) is 4.09. The smallest absolute Gasteiger partial charge is 0.231 e. The molecule has 98 valence electrons. The van der Waals surface area contributed by atoms with Gasteiger partial charge >= 0.3 is 0 Å². The number of pyridine rings is 1. The van der Waals surface area contributed by atoms with Crippen molar-refractivity contribution in [3.63, 3.8) is 0 Å². The SMILES string of the molecule is Brc1cncc(COCc2ccc3c(c2)OCO3)c1. The van der Waals surface area contributed by atoms with Gasteiger partial charge in [0.05, 0.1) is 13.2 Å². The summed E-state index contributed by atoms with van der Waals surface area (Å²) in [6, 6.07) is 7.82. The topological polar surface area (TPSA) is 40.6 Å². The Kier molecular flexibility index (Phi) is 3.66. The van der Waals surface area contributed by atoms with E-state index in [0.717, 1.165) is 27.1 Å². The lowest BCUT2D eigenvalue weighted by Crippen LogP contribution is -1.95. The third-order valence-electron chi connectivity index (χ3n) is 2.74. The average Bonchev–Trinajstić information content (AvgIpc) is 2.86. The highest BCUT2D eigenvalue weighted by molar-refractivity contribution is 9.10. The van der Waals surface area contributed by atoms with Gasteiger partial charge in [0.25, 0.3) is 0 Å². The summed E-state index contributed by atoms with van der Waals surface area (Å²) in [6.45, 7) is 1.35. The standard InChI is InChI=1S/C14H12BrNO3/c15-12-3-11(5-16-6-12)8-17-7-10-1-2-13-14(4-10)19-9-18-13/h1-6H,7-9H2. The molecule has 19 heavy (non-hydrogen) atoms. The molecule has 0 fully saturated rings. The molecule has 0 saturated heterocycles. The van der Waals surface area contributed by atoms with E-state index in [-0.39, 0.29) is 0 Å². The molecule has 0 unspecified atom stereocenters. The van der Waals surface area contributed by atoms with Crippen LogP contribution in [-0.2, 0) is 18.0 Å². The Hall–Kier alpha value is -1.59. The van der Waals surface area contributed by atoms with Crippen LogP contribution in [0.25, 0.3) is 0 Å². The number of aromatic nitrogens is 1. The largest absolute Gasteiger partial charge is 0.454 e. The number of hydrogen-bond donors (Lipinski definition) is 0. The molecule has 0 atom stereocenters. The molecule has 0 spiro atoms. The Bertz CT molecular complexity index is 589. The molecule has 0 bridgehead atoms. The number of nitrogens with zero attached hydrogens (tertiary/aromatic N) is 1. The summed E-state index contributed by atoms with van der Waals surface area (Å²) >= 11 is 3.38. The summed E-state index contributed by atoms with van der Waals surface area (Å²) in [5.74, 6) is 1.57. The van der Waals surface area contributed by atoms with Crippen molar-refractivity contribution in [3.8, 4) is 11.5 Å². The fraction of sp³-hybridized carbons (Fsp3) is 0.214. The van der Waals surface area contributed by atoms with Crippen LogP contribution in [0.3, 0.4) is 0 Å². The first kappa shape index (κ1) is 12.4. The van der Waals surface area contributed by atoms with E-state index in [4.69, 9.17) is 14.2 Å². The highest BCUT2D eigenvalue weighted by Crippen LogP contribution is 2.32. The van der Waals surface area contributed by atoms with Gasteiger partial charge < -0.3 is 14.2 Å². The molecule has 2 heterocycles. The zero-order valence-electron chi connectivity index (χ0n) is 10.1. The zero-order chi connectivity index (χ0) is 13.1. The van der Waals surface area contributed by atoms with Crippen LogP contribution in [0.15, 0.2) is 41.1 Å². The van der Waals surface area contributed by atoms with Crippen molar-refractivity contribution >= 4 is 15.9 Å². The van der Waals surface area contributed by atoms with Gasteiger partial charge in [0.2, 0.25) is 6.79 Å². The first-order chi connectivity index (χ1) is 9.31. The third-order valence-corrected chi connectivity index (χ3v) is 3.17. The van der Waals surface area contributed by atoms with Gasteiger partial charge in [0, 0.05) is 16.9 Å². The van der Waals surface area contributed by atoms with Crippen molar-refractivity contribution in [2.45, 2.75) is 13.2 Å². The van der Waals surface area contributed by atoms with Crippen molar-refractivity contribution in [2.24, 2.45) is 0 Å². The zero-order valence-corrected chi connectivity index (χ0v) is 11.7. The van der Waals surface area contributed by atoms with Gasteiger partial charge in [-0.2, -0.15) is 0 Å². The van der Waals surface area contributed by atoms with Crippen LogP contribution in [0.1, 0.15) is 11.1 Å². The molecular weight excluding hydrogens is 310 g/mol. The van der Waals surface area contributed by atoms with Gasteiger partial charge in [0.15, 0.2) is 11.5 Å². The summed E-state index contributed by atoms with van der Waals surface area (Å²) < 4.78 is 17.2. The third kappa shape index (κ3) is 3.05. The summed E-state index contributed by atoms with van der Waals surface area (Å²) in [6.07, 6.45) is 3.55. The minimum atomic E-state index is 0.295. The Morgan fingerprint density at radius 2 is 1.89 bits per heavy atom. The van der Waals surface area contributed by atoms with Gasteiger partial charge in [-0.05, 0) is 45.3 Å². The minimum Gasteiger partial charge on any atom is -0.454 e. The molecule has 0 amide bonds. The second-order valence-corrected chi connectivity index (χ2v) is 5.11. The van der Waals surface area contributed by atoms with E-state index in [1.165, 1.54) is 0 Å². The van der Waals surface area contributed by atoms with E-state index in [1.807, 2.05) is 24.3 Å². The molecule has 1 aromatic carbocycles. The van der Waals surface area contributed by atoms with E-state index in [2.05, 4.69) is 20.9 Å². The van der Waals surface area contributed by atoms with Gasteiger partial charge in [-0.25, -0.2) is 0 Å². The Morgan fingerprint density at radius 3 is 2.79 bits per heavy atom. The second-order valence-electron chi connectivity index (χ2n) is 4.19. The van der Waals surface area contributed by atoms with E-state index >= 15 is 0 Å². The monoisotopic (exact) mass is 321 g/mol. The molecule has 4 nitrogen and oxygen atoms in total. The van der Waals surface area contributed by atoms with Crippen LogP contribution < -0.4 is 9.47 Å². The Labute approximate surface area is 119 Å². The molecule has 5 heteroatoms. The van der Waals surface area contributed by atoms with E-state index in [1.54, 1.807) is 12.4 Å². The van der Waals surface area contributed by atoms with Crippen LogP contribution in [0, 0.1) is 0 Å². The van der Waals surface area contributed by atoms with E-state index in [9.17, 15) is 0 Å². The van der Waals surface area contributed by atoms with Crippen LogP contribution >= 0.6 is 15.9 Å². The van der Waals surface area contributed by atoms with Crippen molar-refractivity contribution in [3.05, 3.63) is 52.3 Å². The number of hydrogen-bond acceptors (Lipinski definition) is 4. The molecular formula is C14H12BrNO3. The van der Waals surface area contributed by atoms with Gasteiger partial charge in [-0.3, -0.25) is 4.98 Å². The molecule has 0 aliphatic carbocycles. The maximum Gasteiger partial charge on any atom is 0.231 e. The van der Waals surface area contributed by atoms with Crippen LogP contribution in [0.4, 0.5) is 0 Å². The second kappa shape index (κ2) is 5.59. The lowest BCUT2D eigenvalue weighted by atomic mass is 10.2. The predicted molar refractivity (Wildman–Crippen MR) is 73.0 cm³/mol. The number of halogens is 1. The number of benzene rings is 1. The highest BCUT2D eigenvalue weighted by atomic mass is 79.9. The van der Waals surface area contributed by atoms with Crippen molar-refractivity contribution < 1.29 is 14.2 Å². The van der Waals surface area contributed by atoms with Gasteiger partial charge in [-0.1, -0.05) is 6.07 Å². The van der Waals surface area contributed by atoms with Gasteiger partial charge in [0.1, 0.15) is 0 Å². The number of rotatable bonds is 4.